The molecule has 0 radical (unpaired) electrons. The van der Waals surface area contributed by atoms with Gasteiger partial charge in [0.1, 0.15) is 0 Å². The van der Waals surface area contributed by atoms with E-state index in [1.54, 1.807) is 0 Å². The van der Waals surface area contributed by atoms with Gasteiger partial charge in [0.15, 0.2) is 0 Å². The second kappa shape index (κ2) is 6.17. The van der Waals surface area contributed by atoms with E-state index in [1.165, 1.54) is 38.6 Å². The van der Waals surface area contributed by atoms with Crippen LogP contribution in [0.5, 0.6) is 0 Å². The third-order valence-corrected chi connectivity index (χ3v) is 4.44. The molecule has 0 N–H and O–H groups in total. The zero-order chi connectivity index (χ0) is 16.4. The molecule has 0 aliphatic heterocycles. The van der Waals surface area contributed by atoms with Gasteiger partial charge < -0.3 is 0 Å². The minimum absolute atomic E-state index is 1.19. The standard InChI is InChI=1S/C24H18/c1-2-21-22-16-10-9-15-20(22)17-23(18-11-5-3-6-12-18)24(21)19-13-7-4-8-14-19/h2-17H,1H2. The quantitative estimate of drug-likeness (QED) is 0.389. The highest BCUT2D eigenvalue weighted by molar-refractivity contribution is 6.04. The summed E-state index contributed by atoms with van der Waals surface area (Å²) in [7, 11) is 0. The van der Waals surface area contributed by atoms with Gasteiger partial charge in [0, 0.05) is 0 Å². The van der Waals surface area contributed by atoms with Crippen LogP contribution in [0.25, 0.3) is 39.1 Å². The maximum atomic E-state index is 4.10. The fourth-order valence-electron chi connectivity index (χ4n) is 3.35. The summed E-state index contributed by atoms with van der Waals surface area (Å²) in [5, 5.41) is 2.48. The molecule has 0 spiro atoms. The number of hydrogen-bond acceptors (Lipinski definition) is 0. The summed E-state index contributed by atoms with van der Waals surface area (Å²) in [6, 6.07) is 32.0. The van der Waals surface area contributed by atoms with Crippen molar-refractivity contribution in [3.05, 3.63) is 103 Å². The summed E-state index contributed by atoms with van der Waals surface area (Å²) in [6.45, 7) is 4.10. The third-order valence-electron chi connectivity index (χ3n) is 4.44. The fourth-order valence-corrected chi connectivity index (χ4v) is 3.35. The van der Waals surface area contributed by atoms with Crippen molar-refractivity contribution in [2.24, 2.45) is 0 Å². The lowest BCUT2D eigenvalue weighted by Gasteiger charge is -2.17. The second-order valence-electron chi connectivity index (χ2n) is 5.87. The van der Waals surface area contributed by atoms with Crippen molar-refractivity contribution in [1.29, 1.82) is 0 Å². The Hall–Kier alpha value is -3.12. The van der Waals surface area contributed by atoms with Gasteiger partial charge >= 0.3 is 0 Å². The second-order valence-corrected chi connectivity index (χ2v) is 5.87. The molecule has 24 heavy (non-hydrogen) atoms. The summed E-state index contributed by atoms with van der Waals surface area (Å²) >= 11 is 0. The van der Waals surface area contributed by atoms with Gasteiger partial charge in [0.25, 0.3) is 0 Å². The predicted octanol–water partition coefficient (Wildman–Crippen LogP) is 6.82. The smallest absolute Gasteiger partial charge is 0.00266 e. The van der Waals surface area contributed by atoms with Crippen LogP contribution in [0.4, 0.5) is 0 Å². The Morgan fingerprint density at radius 1 is 0.625 bits per heavy atom. The predicted molar refractivity (Wildman–Crippen MR) is 105 cm³/mol. The van der Waals surface area contributed by atoms with Crippen LogP contribution in [0, 0.1) is 0 Å². The Morgan fingerprint density at radius 2 is 1.21 bits per heavy atom. The minimum Gasteiger partial charge on any atom is -0.0984 e. The summed E-state index contributed by atoms with van der Waals surface area (Å²) in [5.74, 6) is 0. The van der Waals surface area contributed by atoms with E-state index in [9.17, 15) is 0 Å². The zero-order valence-corrected chi connectivity index (χ0v) is 13.4. The summed E-state index contributed by atoms with van der Waals surface area (Å²) in [4.78, 5) is 0. The Labute approximate surface area is 142 Å². The fraction of sp³-hybridized carbons (Fsp3) is 0. The number of fused-ring (bicyclic) bond motifs is 1. The van der Waals surface area contributed by atoms with E-state index in [1.807, 2.05) is 6.08 Å². The van der Waals surface area contributed by atoms with E-state index in [2.05, 4.69) is 97.6 Å². The monoisotopic (exact) mass is 306 g/mol. The first-order valence-electron chi connectivity index (χ1n) is 8.17. The molecule has 114 valence electrons. The molecule has 0 nitrogen and oxygen atoms in total. The molecule has 0 amide bonds. The van der Waals surface area contributed by atoms with Gasteiger partial charge in [-0.2, -0.15) is 0 Å². The Kier molecular flexibility index (Phi) is 3.72. The average molecular weight is 306 g/mol. The van der Waals surface area contributed by atoms with E-state index >= 15 is 0 Å². The van der Waals surface area contributed by atoms with Crippen molar-refractivity contribution >= 4 is 16.8 Å². The SMILES string of the molecule is C=Cc1c(-c2ccccc2)c(-c2ccccc2)cc2ccccc12. The van der Waals surface area contributed by atoms with Gasteiger partial charge in [-0.15, -0.1) is 0 Å². The zero-order valence-electron chi connectivity index (χ0n) is 13.4. The van der Waals surface area contributed by atoms with Crippen molar-refractivity contribution in [2.45, 2.75) is 0 Å². The molecule has 0 aliphatic rings. The van der Waals surface area contributed by atoms with E-state index in [0.29, 0.717) is 0 Å². The van der Waals surface area contributed by atoms with E-state index in [0.717, 1.165) is 0 Å². The van der Waals surface area contributed by atoms with Crippen LogP contribution in [0.3, 0.4) is 0 Å². The van der Waals surface area contributed by atoms with E-state index in [-0.39, 0.29) is 0 Å². The number of benzene rings is 4. The van der Waals surface area contributed by atoms with Gasteiger partial charge in [-0.3, -0.25) is 0 Å². The lowest BCUT2D eigenvalue weighted by atomic mass is 9.87. The molecule has 0 saturated carbocycles. The van der Waals surface area contributed by atoms with Crippen LogP contribution >= 0.6 is 0 Å². The molecule has 4 rings (SSSR count). The highest BCUT2D eigenvalue weighted by atomic mass is 14.2. The van der Waals surface area contributed by atoms with Crippen molar-refractivity contribution in [1.82, 2.24) is 0 Å². The maximum absolute atomic E-state index is 4.10. The molecule has 4 aromatic rings. The van der Waals surface area contributed by atoms with Gasteiger partial charge in [-0.05, 0) is 44.7 Å². The third kappa shape index (κ3) is 2.43. The van der Waals surface area contributed by atoms with Crippen LogP contribution in [-0.2, 0) is 0 Å². The maximum Gasteiger partial charge on any atom is -0.00266 e. The first-order chi connectivity index (χ1) is 11.9. The Morgan fingerprint density at radius 3 is 1.88 bits per heavy atom. The summed E-state index contributed by atoms with van der Waals surface area (Å²) in [5.41, 5.74) is 6.13. The van der Waals surface area contributed by atoms with Gasteiger partial charge in [0.05, 0.1) is 0 Å². The normalized spacial score (nSPS) is 10.7. The Balaban J connectivity index is 2.15. The molecule has 0 heteroatoms. The molecule has 0 aromatic heterocycles. The van der Waals surface area contributed by atoms with E-state index < -0.39 is 0 Å². The molecule has 0 saturated heterocycles. The largest absolute Gasteiger partial charge is 0.0984 e. The van der Waals surface area contributed by atoms with Gasteiger partial charge in [-0.25, -0.2) is 0 Å². The van der Waals surface area contributed by atoms with Crippen LogP contribution < -0.4 is 0 Å². The molecule has 4 aromatic carbocycles. The molecule has 0 unspecified atom stereocenters. The summed E-state index contributed by atoms with van der Waals surface area (Å²) in [6.07, 6.45) is 1.98. The molecule has 0 bridgehead atoms. The molecule has 0 atom stereocenters. The van der Waals surface area contributed by atoms with Crippen LogP contribution in [-0.4, -0.2) is 0 Å². The van der Waals surface area contributed by atoms with Crippen molar-refractivity contribution in [3.8, 4) is 22.3 Å². The first kappa shape index (κ1) is 14.5. The van der Waals surface area contributed by atoms with E-state index in [4.69, 9.17) is 0 Å². The molecule has 0 heterocycles. The van der Waals surface area contributed by atoms with Crippen LogP contribution in [0.15, 0.2) is 97.6 Å². The topological polar surface area (TPSA) is 0 Å². The number of rotatable bonds is 3. The molecule has 0 fully saturated rings. The van der Waals surface area contributed by atoms with Crippen molar-refractivity contribution in [3.63, 3.8) is 0 Å². The van der Waals surface area contributed by atoms with Crippen molar-refractivity contribution in [2.75, 3.05) is 0 Å². The lowest BCUT2D eigenvalue weighted by molar-refractivity contribution is 1.59. The average Bonchev–Trinajstić information content (AvgIpc) is 2.67. The first-order valence-corrected chi connectivity index (χ1v) is 8.17. The van der Waals surface area contributed by atoms with Gasteiger partial charge in [0.2, 0.25) is 0 Å². The minimum atomic E-state index is 1.19. The highest BCUT2D eigenvalue weighted by Crippen LogP contribution is 2.40. The lowest BCUT2D eigenvalue weighted by Crippen LogP contribution is -1.91. The van der Waals surface area contributed by atoms with Crippen LogP contribution in [0.1, 0.15) is 5.56 Å². The van der Waals surface area contributed by atoms with Gasteiger partial charge in [-0.1, -0.05) is 97.6 Å². The molecular weight excluding hydrogens is 288 g/mol. The van der Waals surface area contributed by atoms with Crippen LogP contribution in [0.2, 0.25) is 0 Å². The molecular formula is C24H18. The number of hydrogen-bond donors (Lipinski definition) is 0. The highest BCUT2D eigenvalue weighted by Gasteiger charge is 2.14. The van der Waals surface area contributed by atoms with Crippen molar-refractivity contribution < 1.29 is 0 Å². The molecule has 0 aliphatic carbocycles. The Bertz CT molecular complexity index is 996. The summed E-state index contributed by atoms with van der Waals surface area (Å²) < 4.78 is 0.